The second-order valence-electron chi connectivity index (χ2n) is 8.16. The average molecular weight is 403 g/mol. The van der Waals surface area contributed by atoms with Crippen LogP contribution in [-0.2, 0) is 9.59 Å². The van der Waals surface area contributed by atoms with Gasteiger partial charge in [-0.05, 0) is 67.0 Å². The van der Waals surface area contributed by atoms with Gasteiger partial charge in [0, 0.05) is 16.5 Å². The highest BCUT2D eigenvalue weighted by molar-refractivity contribution is 6.30. The summed E-state index contributed by atoms with van der Waals surface area (Å²) in [5, 5.41) is 21.0. The van der Waals surface area contributed by atoms with Crippen LogP contribution >= 0.6 is 11.6 Å². The lowest BCUT2D eigenvalue weighted by Crippen LogP contribution is -2.47. The van der Waals surface area contributed by atoms with E-state index in [0.717, 1.165) is 43.2 Å². The van der Waals surface area contributed by atoms with Gasteiger partial charge in [-0.15, -0.1) is 0 Å². The van der Waals surface area contributed by atoms with E-state index in [2.05, 4.69) is 0 Å². The molecule has 0 aromatic heterocycles. The number of benzene rings is 1. The largest absolute Gasteiger partial charge is 0.481 e. The highest BCUT2D eigenvalue weighted by Gasteiger charge is 2.53. The fourth-order valence-corrected chi connectivity index (χ4v) is 5.44. The van der Waals surface area contributed by atoms with Crippen LogP contribution in [0.25, 0.3) is 5.57 Å². The molecule has 2 N–H and O–H groups in total. The molecule has 0 spiro atoms. The van der Waals surface area contributed by atoms with Gasteiger partial charge in [-0.3, -0.25) is 4.79 Å². The Labute approximate surface area is 170 Å². The van der Waals surface area contributed by atoms with Gasteiger partial charge in [0.1, 0.15) is 0 Å². The SMILES string of the molecule is CC1=C(C(=O)O)C(C)C(C(=O)O)(C2CCCCC2)C=C1c1ccc(Cl)cc1C. The minimum atomic E-state index is -1.21. The standard InChI is InChI=1S/C23H27ClO4/c1-13-11-17(24)9-10-18(13)19-12-23(22(27)28,16-7-5-4-6-8-16)15(3)20(14(19)2)21(25)26/h9-12,15-16H,4-8H2,1-3H3,(H,25,26)(H,27,28). The molecule has 0 radical (unpaired) electrons. The number of hydrogen-bond donors (Lipinski definition) is 2. The molecule has 1 saturated carbocycles. The quantitative estimate of drug-likeness (QED) is 0.673. The maximum atomic E-state index is 12.7. The Morgan fingerprint density at radius 2 is 1.75 bits per heavy atom. The molecule has 2 atom stereocenters. The first-order valence-electron chi connectivity index (χ1n) is 9.87. The Morgan fingerprint density at radius 3 is 2.29 bits per heavy atom. The van der Waals surface area contributed by atoms with Gasteiger partial charge in [0.2, 0.25) is 0 Å². The molecule has 0 bridgehead atoms. The van der Waals surface area contributed by atoms with Crippen molar-refractivity contribution >= 4 is 29.1 Å². The summed E-state index contributed by atoms with van der Waals surface area (Å²) >= 11 is 6.10. The van der Waals surface area contributed by atoms with Crippen LogP contribution in [0.4, 0.5) is 0 Å². The smallest absolute Gasteiger partial charge is 0.332 e. The van der Waals surface area contributed by atoms with Gasteiger partial charge < -0.3 is 10.2 Å². The number of carboxylic acids is 2. The van der Waals surface area contributed by atoms with Gasteiger partial charge >= 0.3 is 11.9 Å². The van der Waals surface area contributed by atoms with Crippen molar-refractivity contribution in [2.24, 2.45) is 17.3 Å². The van der Waals surface area contributed by atoms with Crippen molar-refractivity contribution in [3.63, 3.8) is 0 Å². The second kappa shape index (κ2) is 7.75. The molecule has 28 heavy (non-hydrogen) atoms. The number of halogens is 1. The van der Waals surface area contributed by atoms with E-state index in [4.69, 9.17) is 11.6 Å². The summed E-state index contributed by atoms with van der Waals surface area (Å²) in [6, 6.07) is 5.45. The summed E-state index contributed by atoms with van der Waals surface area (Å²) in [6.45, 7) is 5.46. The molecule has 1 fully saturated rings. The summed E-state index contributed by atoms with van der Waals surface area (Å²) in [6.07, 6.45) is 6.56. The Kier molecular flexibility index (Phi) is 5.72. The Bertz CT molecular complexity index is 877. The fraction of sp³-hybridized carbons (Fsp3) is 0.478. The monoisotopic (exact) mass is 402 g/mol. The van der Waals surface area contributed by atoms with E-state index in [1.807, 2.05) is 25.1 Å². The molecule has 1 aromatic rings. The van der Waals surface area contributed by atoms with Gasteiger partial charge in [-0.25, -0.2) is 4.79 Å². The number of aryl methyl sites for hydroxylation is 1. The lowest BCUT2D eigenvalue weighted by Gasteiger charge is -2.45. The van der Waals surface area contributed by atoms with E-state index in [9.17, 15) is 19.8 Å². The zero-order valence-electron chi connectivity index (χ0n) is 16.6. The van der Waals surface area contributed by atoms with Crippen molar-refractivity contribution in [2.75, 3.05) is 0 Å². The third-order valence-electron chi connectivity index (χ3n) is 6.70. The summed E-state index contributed by atoms with van der Waals surface area (Å²) in [7, 11) is 0. The van der Waals surface area contributed by atoms with Crippen LogP contribution in [0.2, 0.25) is 5.02 Å². The summed E-state index contributed by atoms with van der Waals surface area (Å²) in [4.78, 5) is 24.9. The summed E-state index contributed by atoms with van der Waals surface area (Å²) < 4.78 is 0. The van der Waals surface area contributed by atoms with Crippen LogP contribution in [0.3, 0.4) is 0 Å². The van der Waals surface area contributed by atoms with Gasteiger partial charge in [-0.1, -0.05) is 49.9 Å². The molecule has 3 rings (SSSR count). The zero-order chi connectivity index (χ0) is 20.6. The van der Waals surface area contributed by atoms with Crippen molar-refractivity contribution in [3.05, 3.63) is 51.6 Å². The Hall–Kier alpha value is -2.07. The van der Waals surface area contributed by atoms with Crippen LogP contribution in [0.15, 0.2) is 35.4 Å². The Morgan fingerprint density at radius 1 is 1.11 bits per heavy atom. The highest BCUT2D eigenvalue weighted by atomic mass is 35.5. The first-order chi connectivity index (χ1) is 13.2. The molecule has 2 aliphatic carbocycles. The maximum absolute atomic E-state index is 12.7. The number of hydrogen-bond acceptors (Lipinski definition) is 2. The molecule has 0 saturated heterocycles. The van der Waals surface area contributed by atoms with Crippen LogP contribution in [-0.4, -0.2) is 22.2 Å². The predicted octanol–water partition coefficient (Wildman–Crippen LogP) is 5.73. The van der Waals surface area contributed by atoms with Crippen molar-refractivity contribution in [3.8, 4) is 0 Å². The molecule has 150 valence electrons. The van der Waals surface area contributed by atoms with E-state index in [0.29, 0.717) is 16.2 Å². The molecule has 5 heteroatoms. The van der Waals surface area contributed by atoms with Gasteiger partial charge in [0.15, 0.2) is 0 Å². The molecule has 0 amide bonds. The maximum Gasteiger partial charge on any atom is 0.332 e. The van der Waals surface area contributed by atoms with Gasteiger partial charge in [0.05, 0.1) is 5.41 Å². The van der Waals surface area contributed by atoms with Crippen molar-refractivity contribution < 1.29 is 19.8 Å². The third kappa shape index (κ3) is 3.28. The lowest BCUT2D eigenvalue weighted by atomic mass is 9.57. The molecular formula is C23H27ClO4. The first-order valence-corrected chi connectivity index (χ1v) is 10.2. The number of carbonyl (C=O) groups is 2. The molecular weight excluding hydrogens is 376 g/mol. The van der Waals surface area contributed by atoms with E-state index in [-0.39, 0.29) is 11.5 Å². The number of aliphatic carboxylic acids is 2. The molecule has 0 heterocycles. The van der Waals surface area contributed by atoms with Gasteiger partial charge in [-0.2, -0.15) is 0 Å². The van der Waals surface area contributed by atoms with E-state index in [1.165, 1.54) is 0 Å². The number of allylic oxidation sites excluding steroid dienone is 2. The minimum Gasteiger partial charge on any atom is -0.481 e. The predicted molar refractivity (Wildman–Crippen MR) is 110 cm³/mol. The minimum absolute atomic E-state index is 0.0705. The lowest BCUT2D eigenvalue weighted by molar-refractivity contribution is -0.153. The highest BCUT2D eigenvalue weighted by Crippen LogP contribution is 2.53. The average Bonchev–Trinajstić information content (AvgIpc) is 2.63. The Balaban J connectivity index is 2.29. The van der Waals surface area contributed by atoms with Crippen LogP contribution < -0.4 is 0 Å². The molecule has 1 aromatic carbocycles. The van der Waals surface area contributed by atoms with Crippen molar-refractivity contribution in [1.82, 2.24) is 0 Å². The fourth-order valence-electron chi connectivity index (χ4n) is 5.21. The third-order valence-corrected chi connectivity index (χ3v) is 6.94. The van der Waals surface area contributed by atoms with Crippen LogP contribution in [0, 0.1) is 24.2 Å². The number of carboxylic acid groups (broad SMARTS) is 2. The topological polar surface area (TPSA) is 74.6 Å². The van der Waals surface area contributed by atoms with Crippen molar-refractivity contribution in [1.29, 1.82) is 0 Å². The van der Waals surface area contributed by atoms with Gasteiger partial charge in [0.25, 0.3) is 0 Å². The van der Waals surface area contributed by atoms with E-state index >= 15 is 0 Å². The molecule has 2 unspecified atom stereocenters. The first kappa shape index (κ1) is 20.7. The van der Waals surface area contributed by atoms with Crippen LogP contribution in [0.5, 0.6) is 0 Å². The molecule has 2 aliphatic rings. The van der Waals surface area contributed by atoms with E-state index in [1.54, 1.807) is 19.9 Å². The van der Waals surface area contributed by atoms with Crippen molar-refractivity contribution in [2.45, 2.75) is 52.9 Å². The molecule has 4 nitrogen and oxygen atoms in total. The summed E-state index contributed by atoms with van der Waals surface area (Å²) in [5.74, 6) is -2.63. The molecule has 0 aliphatic heterocycles. The summed E-state index contributed by atoms with van der Waals surface area (Å²) in [5.41, 5.74) is 2.08. The van der Waals surface area contributed by atoms with Crippen LogP contribution in [0.1, 0.15) is 57.1 Å². The second-order valence-corrected chi connectivity index (χ2v) is 8.59. The number of rotatable bonds is 4. The van der Waals surface area contributed by atoms with E-state index < -0.39 is 23.3 Å². The normalized spacial score (nSPS) is 26.1. The zero-order valence-corrected chi connectivity index (χ0v) is 17.3.